The summed E-state index contributed by atoms with van der Waals surface area (Å²) in [5, 5.41) is 12.9. The second kappa shape index (κ2) is 12.1. The molecule has 12 aromatic rings. The molecule has 0 N–H and O–H groups in total. The standard InChI is InChI=1S/C56H42N2/c1-34-13-5-7-15-43(34)44-16-8-6-14-38(44)25-35-21-22-36-28-47-49-32-41(56(2,3)4)33-50-48-29-37-23-24-42(57-51-19-11-9-17-45(51)46-18-10-12-20-52(46)57)27-40(37)31-54(48)58(55(49)50)53(47)30-39(36)26-35/h5-24,26-33H,25H2,1-4H3. The molecular formula is C56H42N2. The van der Waals surface area contributed by atoms with Crippen LogP contribution in [0.15, 0.2) is 170 Å². The van der Waals surface area contributed by atoms with Crippen LogP contribution in [0, 0.1) is 6.92 Å². The maximum absolute atomic E-state index is 2.56. The molecule has 2 nitrogen and oxygen atoms in total. The summed E-state index contributed by atoms with van der Waals surface area (Å²) in [7, 11) is 0. The van der Waals surface area contributed by atoms with Gasteiger partial charge in [0, 0.05) is 38.0 Å². The van der Waals surface area contributed by atoms with Crippen molar-refractivity contribution in [2.45, 2.75) is 39.5 Å². The summed E-state index contributed by atoms with van der Waals surface area (Å²) in [5.41, 5.74) is 15.5. The van der Waals surface area contributed by atoms with Gasteiger partial charge in [-0.05, 0) is 134 Å². The third-order valence-electron chi connectivity index (χ3n) is 12.9. The lowest BCUT2D eigenvalue weighted by Gasteiger charge is -2.19. The first kappa shape index (κ1) is 33.3. The summed E-state index contributed by atoms with van der Waals surface area (Å²) in [6, 6.07) is 64.0. The fourth-order valence-corrected chi connectivity index (χ4v) is 9.98. The molecule has 58 heavy (non-hydrogen) atoms. The first-order valence-electron chi connectivity index (χ1n) is 20.5. The molecule has 0 atom stereocenters. The van der Waals surface area contributed by atoms with Gasteiger partial charge in [-0.25, -0.2) is 0 Å². The SMILES string of the molecule is Cc1ccccc1-c1ccccc1Cc1ccc2cc3c4cc(C(C)(C)C)cc5c6cc7ccc(-n8c9ccccc9c9ccccc98)cc7cc6n(c3cc2c1)c45. The molecule has 0 radical (unpaired) electrons. The number of nitrogens with zero attached hydrogens (tertiary/aromatic N) is 2. The molecule has 9 aromatic carbocycles. The van der Waals surface area contributed by atoms with Gasteiger partial charge in [0.1, 0.15) is 0 Å². The van der Waals surface area contributed by atoms with Crippen molar-refractivity contribution in [1.29, 1.82) is 0 Å². The van der Waals surface area contributed by atoms with E-state index in [1.165, 1.54) is 121 Å². The van der Waals surface area contributed by atoms with Crippen molar-refractivity contribution >= 4 is 81.4 Å². The normalized spacial score (nSPS) is 12.6. The molecule has 276 valence electrons. The lowest BCUT2D eigenvalue weighted by molar-refractivity contribution is 0.592. The lowest BCUT2D eigenvalue weighted by Crippen LogP contribution is -2.10. The van der Waals surface area contributed by atoms with Gasteiger partial charge < -0.3 is 8.97 Å². The Morgan fingerprint density at radius 3 is 1.66 bits per heavy atom. The zero-order valence-corrected chi connectivity index (χ0v) is 33.3. The smallest absolute Gasteiger partial charge is 0.0620 e. The number of hydrogen-bond donors (Lipinski definition) is 0. The van der Waals surface area contributed by atoms with Gasteiger partial charge in [0.05, 0.1) is 27.6 Å². The third-order valence-corrected chi connectivity index (χ3v) is 12.9. The monoisotopic (exact) mass is 742 g/mol. The van der Waals surface area contributed by atoms with Crippen LogP contribution in [0.4, 0.5) is 0 Å². The zero-order chi connectivity index (χ0) is 38.9. The summed E-state index contributed by atoms with van der Waals surface area (Å²) in [4.78, 5) is 0. The van der Waals surface area contributed by atoms with Crippen LogP contribution in [0.2, 0.25) is 0 Å². The number of aryl methyl sites for hydroxylation is 1. The summed E-state index contributed by atoms with van der Waals surface area (Å²) in [5.74, 6) is 0. The van der Waals surface area contributed by atoms with Crippen molar-refractivity contribution in [3.8, 4) is 16.8 Å². The predicted molar refractivity (Wildman–Crippen MR) is 249 cm³/mol. The molecule has 0 aliphatic heterocycles. The minimum Gasteiger partial charge on any atom is -0.309 e. The van der Waals surface area contributed by atoms with E-state index in [-0.39, 0.29) is 5.41 Å². The molecule has 0 aliphatic carbocycles. The van der Waals surface area contributed by atoms with Crippen LogP contribution in [0.25, 0.3) is 98.3 Å². The molecule has 0 fully saturated rings. The van der Waals surface area contributed by atoms with Crippen LogP contribution >= 0.6 is 0 Å². The van der Waals surface area contributed by atoms with Gasteiger partial charge in [-0.2, -0.15) is 0 Å². The number of benzene rings is 9. The average Bonchev–Trinajstić information content (AvgIpc) is 3.86. The summed E-state index contributed by atoms with van der Waals surface area (Å²) in [6.07, 6.45) is 0.879. The van der Waals surface area contributed by atoms with Gasteiger partial charge in [0.2, 0.25) is 0 Å². The fourth-order valence-electron chi connectivity index (χ4n) is 9.98. The molecule has 12 rings (SSSR count). The van der Waals surface area contributed by atoms with Crippen LogP contribution in [0.3, 0.4) is 0 Å². The molecule has 0 unspecified atom stereocenters. The van der Waals surface area contributed by atoms with Gasteiger partial charge in [0.15, 0.2) is 0 Å². The molecule has 0 aliphatic rings. The average molecular weight is 743 g/mol. The highest BCUT2D eigenvalue weighted by atomic mass is 15.0. The van der Waals surface area contributed by atoms with Crippen LogP contribution in [-0.2, 0) is 11.8 Å². The van der Waals surface area contributed by atoms with Gasteiger partial charge in [0.25, 0.3) is 0 Å². The Balaban J connectivity index is 1.08. The largest absolute Gasteiger partial charge is 0.309 e. The Morgan fingerprint density at radius 2 is 1.00 bits per heavy atom. The fraction of sp³-hybridized carbons (Fsp3) is 0.107. The highest BCUT2D eigenvalue weighted by Crippen LogP contribution is 2.44. The number of para-hydroxylation sites is 2. The Hall–Kier alpha value is -6.90. The van der Waals surface area contributed by atoms with E-state index in [9.17, 15) is 0 Å². The highest BCUT2D eigenvalue weighted by molar-refractivity contribution is 6.26. The minimum atomic E-state index is 0.0102. The summed E-state index contributed by atoms with van der Waals surface area (Å²) in [6.45, 7) is 9.21. The van der Waals surface area contributed by atoms with E-state index in [1.54, 1.807) is 0 Å². The van der Waals surface area contributed by atoms with E-state index in [2.05, 4.69) is 207 Å². The maximum Gasteiger partial charge on any atom is 0.0620 e. The van der Waals surface area contributed by atoms with E-state index in [0.717, 1.165) is 6.42 Å². The zero-order valence-electron chi connectivity index (χ0n) is 33.3. The molecule has 3 heterocycles. The van der Waals surface area contributed by atoms with E-state index < -0.39 is 0 Å². The summed E-state index contributed by atoms with van der Waals surface area (Å²) >= 11 is 0. The van der Waals surface area contributed by atoms with Crippen molar-refractivity contribution in [2.75, 3.05) is 0 Å². The molecule has 0 spiro atoms. The van der Waals surface area contributed by atoms with Crippen molar-refractivity contribution in [3.05, 3.63) is 192 Å². The van der Waals surface area contributed by atoms with Crippen molar-refractivity contribution in [2.24, 2.45) is 0 Å². The van der Waals surface area contributed by atoms with E-state index >= 15 is 0 Å². The predicted octanol–water partition coefficient (Wildman–Crippen LogP) is 15.1. The molecule has 0 saturated heterocycles. The van der Waals surface area contributed by atoms with Gasteiger partial charge in [-0.15, -0.1) is 0 Å². The van der Waals surface area contributed by atoms with E-state index in [4.69, 9.17) is 0 Å². The molecule has 0 saturated carbocycles. The lowest BCUT2D eigenvalue weighted by atomic mass is 9.85. The number of aromatic nitrogens is 2. The van der Waals surface area contributed by atoms with Crippen LogP contribution in [0.5, 0.6) is 0 Å². The Kier molecular flexibility index (Phi) is 6.91. The highest BCUT2D eigenvalue weighted by Gasteiger charge is 2.23. The topological polar surface area (TPSA) is 9.34 Å². The van der Waals surface area contributed by atoms with Gasteiger partial charge >= 0.3 is 0 Å². The second-order valence-electron chi connectivity index (χ2n) is 17.5. The number of fused-ring (bicyclic) bond motifs is 11. The molecule has 0 bridgehead atoms. The Morgan fingerprint density at radius 1 is 0.431 bits per heavy atom. The quantitative estimate of drug-likeness (QED) is 0.170. The second-order valence-corrected chi connectivity index (χ2v) is 17.5. The first-order valence-corrected chi connectivity index (χ1v) is 20.5. The molecular weight excluding hydrogens is 701 g/mol. The van der Waals surface area contributed by atoms with Gasteiger partial charge in [-0.3, -0.25) is 0 Å². The van der Waals surface area contributed by atoms with E-state index in [1.807, 2.05) is 0 Å². The Labute approximate surface area is 337 Å². The number of rotatable bonds is 4. The molecule has 3 aromatic heterocycles. The minimum absolute atomic E-state index is 0.0102. The Bertz CT molecular complexity index is 3590. The maximum atomic E-state index is 2.56. The van der Waals surface area contributed by atoms with Crippen LogP contribution < -0.4 is 0 Å². The first-order chi connectivity index (χ1) is 28.3. The number of hydrogen-bond acceptors (Lipinski definition) is 0. The van der Waals surface area contributed by atoms with Crippen LogP contribution in [-0.4, -0.2) is 8.97 Å². The van der Waals surface area contributed by atoms with Crippen molar-refractivity contribution < 1.29 is 0 Å². The van der Waals surface area contributed by atoms with Crippen LogP contribution in [0.1, 0.15) is 43.0 Å². The van der Waals surface area contributed by atoms with Gasteiger partial charge in [-0.1, -0.05) is 130 Å². The third kappa shape index (κ3) is 4.85. The van der Waals surface area contributed by atoms with Crippen molar-refractivity contribution in [1.82, 2.24) is 8.97 Å². The summed E-state index contributed by atoms with van der Waals surface area (Å²) < 4.78 is 4.99. The van der Waals surface area contributed by atoms with E-state index in [0.29, 0.717) is 0 Å². The molecule has 2 heteroatoms. The van der Waals surface area contributed by atoms with Crippen molar-refractivity contribution in [3.63, 3.8) is 0 Å². The molecule has 0 amide bonds.